The molecule has 0 aromatic heterocycles. The Kier molecular flexibility index (Phi) is 3.92. The molecule has 0 spiro atoms. The van der Waals surface area contributed by atoms with Gasteiger partial charge in [0.05, 0.1) is 0 Å². The van der Waals surface area contributed by atoms with E-state index in [4.69, 9.17) is 4.74 Å². The standard InChI is InChI=1S/C16H22N2O2/c1-17-9-14-7-8-15(11-17)18(10-14)16(19)20-12-13-5-3-2-4-6-13/h2-6,14-15H,7-12H2,1H3/t14-,15+/m0/s1. The number of amides is 1. The molecule has 4 heteroatoms. The summed E-state index contributed by atoms with van der Waals surface area (Å²) in [6.07, 6.45) is 2.19. The molecule has 2 bridgehead atoms. The summed E-state index contributed by atoms with van der Waals surface area (Å²) in [5.74, 6) is 0.600. The van der Waals surface area contributed by atoms with Crippen molar-refractivity contribution in [2.24, 2.45) is 5.92 Å². The zero-order valence-corrected chi connectivity index (χ0v) is 12.0. The number of piperidine rings is 1. The van der Waals surface area contributed by atoms with E-state index in [9.17, 15) is 4.79 Å². The van der Waals surface area contributed by atoms with Crippen molar-refractivity contribution in [2.75, 3.05) is 26.7 Å². The minimum Gasteiger partial charge on any atom is -0.445 e. The van der Waals surface area contributed by atoms with Gasteiger partial charge in [0.25, 0.3) is 0 Å². The molecule has 4 rings (SSSR count). The third kappa shape index (κ3) is 2.96. The lowest BCUT2D eigenvalue weighted by atomic mass is 9.95. The van der Waals surface area contributed by atoms with Crippen LogP contribution in [0.25, 0.3) is 0 Å². The fourth-order valence-electron chi connectivity index (χ4n) is 3.34. The number of rotatable bonds is 2. The van der Waals surface area contributed by atoms with E-state index in [0.29, 0.717) is 18.6 Å². The van der Waals surface area contributed by atoms with Gasteiger partial charge < -0.3 is 14.5 Å². The summed E-state index contributed by atoms with van der Waals surface area (Å²) in [4.78, 5) is 16.6. The van der Waals surface area contributed by atoms with Gasteiger partial charge in [-0.1, -0.05) is 30.3 Å². The Balaban J connectivity index is 1.60. The second-order valence-corrected chi connectivity index (χ2v) is 6.01. The Morgan fingerprint density at radius 1 is 1.20 bits per heavy atom. The zero-order valence-electron chi connectivity index (χ0n) is 12.0. The molecule has 0 saturated carbocycles. The summed E-state index contributed by atoms with van der Waals surface area (Å²) in [6, 6.07) is 10.2. The molecule has 0 N–H and O–H groups in total. The van der Waals surface area contributed by atoms with Crippen molar-refractivity contribution in [3.8, 4) is 0 Å². The number of carbonyl (C=O) groups is 1. The lowest BCUT2D eigenvalue weighted by Crippen LogP contribution is -2.47. The van der Waals surface area contributed by atoms with Gasteiger partial charge in [-0.25, -0.2) is 4.79 Å². The Bertz CT molecular complexity index is 463. The maximum Gasteiger partial charge on any atom is 0.410 e. The summed E-state index contributed by atoms with van der Waals surface area (Å²) >= 11 is 0. The normalized spacial score (nSPS) is 26.4. The molecule has 2 atom stereocenters. The number of hydrogen-bond acceptors (Lipinski definition) is 3. The van der Waals surface area contributed by atoms with Gasteiger partial charge in [0.1, 0.15) is 6.61 Å². The third-order valence-electron chi connectivity index (χ3n) is 4.34. The summed E-state index contributed by atoms with van der Waals surface area (Å²) in [5, 5.41) is 0. The number of carbonyl (C=O) groups excluding carboxylic acids is 1. The van der Waals surface area contributed by atoms with Crippen LogP contribution in [0.4, 0.5) is 4.79 Å². The van der Waals surface area contributed by atoms with E-state index in [2.05, 4.69) is 11.9 Å². The van der Waals surface area contributed by atoms with Crippen LogP contribution in [-0.2, 0) is 11.3 Å². The monoisotopic (exact) mass is 274 g/mol. The predicted molar refractivity (Wildman–Crippen MR) is 77.3 cm³/mol. The summed E-state index contributed by atoms with van der Waals surface area (Å²) in [7, 11) is 2.14. The van der Waals surface area contributed by atoms with E-state index in [1.807, 2.05) is 35.2 Å². The topological polar surface area (TPSA) is 32.8 Å². The van der Waals surface area contributed by atoms with Gasteiger partial charge in [0, 0.05) is 25.7 Å². The first-order valence-corrected chi connectivity index (χ1v) is 7.38. The third-order valence-corrected chi connectivity index (χ3v) is 4.34. The number of ether oxygens (including phenoxy) is 1. The highest BCUT2D eigenvalue weighted by Gasteiger charge is 2.36. The van der Waals surface area contributed by atoms with Crippen molar-refractivity contribution < 1.29 is 9.53 Å². The molecule has 0 radical (unpaired) electrons. The zero-order chi connectivity index (χ0) is 13.9. The first-order chi connectivity index (χ1) is 9.72. The van der Waals surface area contributed by atoms with Gasteiger partial charge in [-0.05, 0) is 31.4 Å². The maximum absolute atomic E-state index is 12.3. The highest BCUT2D eigenvalue weighted by atomic mass is 16.6. The smallest absolute Gasteiger partial charge is 0.410 e. The largest absolute Gasteiger partial charge is 0.445 e. The lowest BCUT2D eigenvalue weighted by Gasteiger charge is -2.35. The van der Waals surface area contributed by atoms with Crippen molar-refractivity contribution in [1.29, 1.82) is 0 Å². The van der Waals surface area contributed by atoms with E-state index in [1.54, 1.807) is 0 Å². The molecular formula is C16H22N2O2. The molecule has 3 aliphatic heterocycles. The number of nitrogens with zero attached hydrogens (tertiary/aromatic N) is 2. The van der Waals surface area contributed by atoms with Gasteiger partial charge in [-0.2, -0.15) is 0 Å². The van der Waals surface area contributed by atoms with Crippen LogP contribution in [0, 0.1) is 5.92 Å². The van der Waals surface area contributed by atoms with Gasteiger partial charge >= 0.3 is 6.09 Å². The molecular weight excluding hydrogens is 252 g/mol. The van der Waals surface area contributed by atoms with E-state index in [-0.39, 0.29) is 6.09 Å². The minimum absolute atomic E-state index is 0.154. The second kappa shape index (κ2) is 5.83. The second-order valence-electron chi connectivity index (χ2n) is 6.01. The molecule has 0 unspecified atom stereocenters. The van der Waals surface area contributed by atoms with Crippen molar-refractivity contribution in [1.82, 2.24) is 9.80 Å². The Morgan fingerprint density at radius 2 is 2.00 bits per heavy atom. The van der Waals surface area contributed by atoms with Gasteiger partial charge in [0.15, 0.2) is 0 Å². The molecule has 1 amide bonds. The van der Waals surface area contributed by atoms with E-state index < -0.39 is 0 Å². The number of benzene rings is 1. The molecule has 3 fully saturated rings. The lowest BCUT2D eigenvalue weighted by molar-refractivity contribution is 0.0635. The highest BCUT2D eigenvalue weighted by molar-refractivity contribution is 5.68. The van der Waals surface area contributed by atoms with E-state index >= 15 is 0 Å². The van der Waals surface area contributed by atoms with Crippen molar-refractivity contribution in [2.45, 2.75) is 25.5 Å². The van der Waals surface area contributed by atoms with Crippen molar-refractivity contribution >= 4 is 6.09 Å². The quantitative estimate of drug-likeness (QED) is 0.830. The number of hydrogen-bond donors (Lipinski definition) is 0. The van der Waals surface area contributed by atoms with Crippen molar-refractivity contribution in [3.05, 3.63) is 35.9 Å². The minimum atomic E-state index is -0.154. The van der Waals surface area contributed by atoms with Crippen LogP contribution < -0.4 is 0 Å². The molecule has 108 valence electrons. The van der Waals surface area contributed by atoms with Crippen LogP contribution >= 0.6 is 0 Å². The average molecular weight is 274 g/mol. The van der Waals surface area contributed by atoms with Crippen molar-refractivity contribution in [3.63, 3.8) is 0 Å². The van der Waals surface area contributed by atoms with E-state index in [0.717, 1.165) is 31.6 Å². The van der Waals surface area contributed by atoms with Crippen LogP contribution in [-0.4, -0.2) is 48.6 Å². The molecule has 1 aromatic rings. The first kappa shape index (κ1) is 13.4. The summed E-state index contributed by atoms with van der Waals surface area (Å²) in [5.41, 5.74) is 1.04. The molecule has 1 aromatic carbocycles. The maximum atomic E-state index is 12.3. The number of fused-ring (bicyclic) bond motifs is 4. The predicted octanol–water partition coefficient (Wildman–Crippen LogP) is 2.35. The Hall–Kier alpha value is -1.55. The van der Waals surface area contributed by atoms with Crippen LogP contribution in [0.1, 0.15) is 18.4 Å². The SMILES string of the molecule is CN1C[C@@H]2CC[C@H](C1)N(C(=O)OCc1ccccc1)C2. The van der Waals surface area contributed by atoms with Gasteiger partial charge in [-0.3, -0.25) is 0 Å². The van der Waals surface area contributed by atoms with Gasteiger partial charge in [-0.15, -0.1) is 0 Å². The molecule has 3 heterocycles. The fourth-order valence-corrected chi connectivity index (χ4v) is 3.34. The van der Waals surface area contributed by atoms with Crippen LogP contribution in [0.2, 0.25) is 0 Å². The summed E-state index contributed by atoms with van der Waals surface area (Å²) < 4.78 is 5.48. The molecule has 20 heavy (non-hydrogen) atoms. The average Bonchev–Trinajstić information content (AvgIpc) is 2.74. The fraction of sp³-hybridized carbons (Fsp3) is 0.562. The highest BCUT2D eigenvalue weighted by Crippen LogP contribution is 2.27. The molecule has 0 aliphatic carbocycles. The first-order valence-electron chi connectivity index (χ1n) is 7.38. The molecule has 3 saturated heterocycles. The Morgan fingerprint density at radius 3 is 2.80 bits per heavy atom. The van der Waals surface area contributed by atoms with Crippen LogP contribution in [0.15, 0.2) is 30.3 Å². The molecule has 4 nitrogen and oxygen atoms in total. The van der Waals surface area contributed by atoms with Gasteiger partial charge in [0.2, 0.25) is 0 Å². The summed E-state index contributed by atoms with van der Waals surface area (Å²) in [6.45, 7) is 3.28. The van der Waals surface area contributed by atoms with E-state index in [1.165, 1.54) is 6.42 Å². The Labute approximate surface area is 120 Å². The molecule has 3 aliphatic rings. The van der Waals surface area contributed by atoms with Crippen LogP contribution in [0.3, 0.4) is 0 Å². The van der Waals surface area contributed by atoms with Crippen LogP contribution in [0.5, 0.6) is 0 Å². The number of likely N-dealkylation sites (N-methyl/N-ethyl adjacent to an activating group) is 1.